The summed E-state index contributed by atoms with van der Waals surface area (Å²) in [5, 5.41) is 0. The predicted molar refractivity (Wildman–Crippen MR) is 50.2 cm³/mol. The van der Waals surface area contributed by atoms with Crippen LogP contribution in [0.2, 0.25) is 0 Å². The van der Waals surface area contributed by atoms with Crippen LogP contribution in [0.1, 0.15) is 5.56 Å². The average Bonchev–Trinajstić information content (AvgIpc) is 1.80. The van der Waals surface area contributed by atoms with E-state index in [1.165, 1.54) is 6.20 Å². The molecule has 0 saturated carbocycles. The van der Waals surface area contributed by atoms with Crippen molar-refractivity contribution in [3.05, 3.63) is 44.9 Å². The number of H-pyrrole nitrogens is 2. The van der Waals surface area contributed by atoms with Gasteiger partial charge in [0.2, 0.25) is 0 Å². The summed E-state index contributed by atoms with van der Waals surface area (Å²) in [6.07, 6.45) is 1.38. The smallest absolute Gasteiger partial charge is 0.693 e. The van der Waals surface area contributed by atoms with Crippen LogP contribution < -0.4 is 11.2 Å². The van der Waals surface area contributed by atoms with Gasteiger partial charge in [-0.05, 0) is 6.92 Å². The van der Waals surface area contributed by atoms with Gasteiger partial charge in [0.25, 0.3) is 5.56 Å². The van der Waals surface area contributed by atoms with Crippen LogP contribution in [0.25, 0.3) is 12.3 Å². The van der Waals surface area contributed by atoms with Gasteiger partial charge in [-0.2, -0.15) is 0 Å². The molecule has 1 aromatic heterocycles. The standard InChI is InChI=1S/C5H6N2O2.2H2N.2H2O.Pt/c1-3-2-6-5(9)7-4(3)8;;;;;/h2H,1H3,(H2,6,7,8,9);4*1H2;/q;2*-1;;;+4. The molecule has 14 heavy (non-hydrogen) atoms. The molecule has 1 heterocycles. The average molecular weight is 389 g/mol. The third kappa shape index (κ3) is 7.84. The molecular formula is C5H14N4O4Pt+2. The van der Waals surface area contributed by atoms with Gasteiger partial charge in [-0.25, -0.2) is 4.79 Å². The number of hydrogen-bond donors (Lipinski definition) is 2. The molecule has 0 bridgehead atoms. The normalized spacial score (nSPS) is 6.07. The molecule has 0 radical (unpaired) electrons. The van der Waals surface area contributed by atoms with Crippen molar-refractivity contribution in [1.82, 2.24) is 9.97 Å². The van der Waals surface area contributed by atoms with Crippen molar-refractivity contribution in [2.24, 2.45) is 0 Å². The summed E-state index contributed by atoms with van der Waals surface area (Å²) in [6.45, 7) is 1.62. The summed E-state index contributed by atoms with van der Waals surface area (Å²) in [7, 11) is 0. The summed E-state index contributed by atoms with van der Waals surface area (Å²) in [5.41, 5.74) is -0.293. The maximum Gasteiger partial charge on any atom is 4.00 e. The minimum absolute atomic E-state index is 0. The van der Waals surface area contributed by atoms with E-state index in [9.17, 15) is 9.59 Å². The van der Waals surface area contributed by atoms with Gasteiger partial charge in [0.05, 0.1) is 0 Å². The number of hydrogen-bond acceptors (Lipinski definition) is 2. The maximum absolute atomic E-state index is 10.6. The molecule has 1 aromatic rings. The van der Waals surface area contributed by atoms with Gasteiger partial charge in [0.15, 0.2) is 0 Å². The Kier molecular flexibility index (Phi) is 25.5. The van der Waals surface area contributed by atoms with Gasteiger partial charge >= 0.3 is 26.8 Å². The van der Waals surface area contributed by atoms with E-state index in [4.69, 9.17) is 0 Å². The topological polar surface area (TPSA) is 196 Å². The summed E-state index contributed by atoms with van der Waals surface area (Å²) in [5.74, 6) is 0. The van der Waals surface area contributed by atoms with E-state index in [-0.39, 0.29) is 49.9 Å². The molecule has 1 rings (SSSR count). The molecule has 0 aliphatic heterocycles. The fraction of sp³-hybridized carbons (Fsp3) is 0.200. The van der Waals surface area contributed by atoms with Crippen LogP contribution in [-0.2, 0) is 21.1 Å². The van der Waals surface area contributed by atoms with E-state index in [1.807, 2.05) is 0 Å². The molecule has 0 unspecified atom stereocenters. The van der Waals surface area contributed by atoms with Crippen molar-refractivity contribution < 1.29 is 32.0 Å². The van der Waals surface area contributed by atoms with Gasteiger partial charge in [-0.1, -0.05) is 0 Å². The quantitative estimate of drug-likeness (QED) is 0.584. The van der Waals surface area contributed by atoms with Gasteiger partial charge in [0, 0.05) is 11.8 Å². The molecular weight excluding hydrogens is 375 g/mol. The Hall–Kier alpha value is -0.792. The maximum atomic E-state index is 10.6. The van der Waals surface area contributed by atoms with Crippen molar-refractivity contribution in [2.45, 2.75) is 6.92 Å². The fourth-order valence-electron chi connectivity index (χ4n) is 0.477. The Morgan fingerprint density at radius 1 is 1.14 bits per heavy atom. The second kappa shape index (κ2) is 12.2. The summed E-state index contributed by atoms with van der Waals surface area (Å²) in [6, 6.07) is 0. The Morgan fingerprint density at radius 2 is 1.57 bits per heavy atom. The number of aromatic amines is 2. The van der Waals surface area contributed by atoms with Gasteiger partial charge in [0.1, 0.15) is 0 Å². The van der Waals surface area contributed by atoms with E-state index in [1.54, 1.807) is 6.92 Å². The van der Waals surface area contributed by atoms with Crippen molar-refractivity contribution in [2.75, 3.05) is 0 Å². The third-order valence-corrected chi connectivity index (χ3v) is 1.00. The molecule has 0 fully saturated rings. The first kappa shape index (κ1) is 29.2. The molecule has 0 amide bonds. The van der Waals surface area contributed by atoms with Crippen molar-refractivity contribution >= 4 is 0 Å². The van der Waals surface area contributed by atoms with E-state index < -0.39 is 5.69 Å². The minimum Gasteiger partial charge on any atom is -0.693 e. The number of aryl methyl sites for hydroxylation is 1. The van der Waals surface area contributed by atoms with Crippen molar-refractivity contribution in [3.8, 4) is 0 Å². The molecule has 10 N–H and O–H groups in total. The number of aromatic nitrogens is 2. The zero-order chi connectivity index (χ0) is 6.85. The van der Waals surface area contributed by atoms with Gasteiger partial charge < -0.3 is 28.2 Å². The SMILES string of the molecule is Cc1c[nH]c(=O)[nH]c1=O.O.O.[NH2-].[NH2-].[Pt+4]. The minimum atomic E-state index is -0.467. The Balaban J connectivity index is -0.0000000540. The molecule has 0 aromatic carbocycles. The summed E-state index contributed by atoms with van der Waals surface area (Å²) < 4.78 is 0. The molecule has 0 atom stereocenters. The van der Waals surface area contributed by atoms with Gasteiger partial charge in [-0.15, -0.1) is 0 Å². The van der Waals surface area contributed by atoms with Crippen LogP contribution >= 0.6 is 0 Å². The van der Waals surface area contributed by atoms with Gasteiger partial charge in [-0.3, -0.25) is 9.78 Å². The molecule has 0 saturated heterocycles. The predicted octanol–water partition coefficient (Wildman–Crippen LogP) is -0.846. The van der Waals surface area contributed by atoms with E-state index >= 15 is 0 Å². The van der Waals surface area contributed by atoms with Crippen molar-refractivity contribution in [3.63, 3.8) is 0 Å². The summed E-state index contributed by atoms with van der Waals surface area (Å²) in [4.78, 5) is 25.3. The van der Waals surface area contributed by atoms with Crippen LogP contribution in [0.4, 0.5) is 0 Å². The van der Waals surface area contributed by atoms with Crippen LogP contribution in [-0.4, -0.2) is 20.9 Å². The second-order valence-corrected chi connectivity index (χ2v) is 1.75. The van der Waals surface area contributed by atoms with E-state index in [0.717, 1.165) is 0 Å². The molecule has 86 valence electrons. The molecule has 9 heteroatoms. The Labute approximate surface area is 94.2 Å². The first-order valence-corrected chi connectivity index (χ1v) is 2.49. The zero-order valence-corrected chi connectivity index (χ0v) is 9.64. The first-order chi connectivity index (χ1) is 4.20. The van der Waals surface area contributed by atoms with E-state index in [0.29, 0.717) is 5.56 Å². The van der Waals surface area contributed by atoms with Crippen molar-refractivity contribution in [1.29, 1.82) is 0 Å². The van der Waals surface area contributed by atoms with E-state index in [2.05, 4.69) is 9.97 Å². The monoisotopic (exact) mass is 389 g/mol. The molecule has 0 aliphatic rings. The van der Waals surface area contributed by atoms with Crippen LogP contribution in [0.5, 0.6) is 0 Å². The van der Waals surface area contributed by atoms with Crippen LogP contribution in [0, 0.1) is 6.92 Å². The molecule has 8 nitrogen and oxygen atoms in total. The second-order valence-electron chi connectivity index (χ2n) is 1.75. The number of nitrogens with one attached hydrogen (secondary N) is 2. The van der Waals surface area contributed by atoms with Crippen LogP contribution in [0.3, 0.4) is 0 Å². The number of nitrogens with two attached hydrogens (primary N) is 2. The zero-order valence-electron chi connectivity index (χ0n) is 7.36. The summed E-state index contributed by atoms with van der Waals surface area (Å²) >= 11 is 0. The third-order valence-electron chi connectivity index (χ3n) is 1.00. The molecule has 0 aliphatic carbocycles. The largest absolute Gasteiger partial charge is 4.00 e. The Bertz CT molecular complexity index is 322. The first-order valence-electron chi connectivity index (χ1n) is 2.49. The molecule has 0 spiro atoms. The fourth-order valence-corrected chi connectivity index (χ4v) is 0.477. The van der Waals surface area contributed by atoms with Crippen LogP contribution in [0.15, 0.2) is 15.8 Å². The Morgan fingerprint density at radius 3 is 1.86 bits per heavy atom. The number of rotatable bonds is 0.